The van der Waals surface area contributed by atoms with Crippen LogP contribution < -0.4 is 0 Å². The van der Waals surface area contributed by atoms with Crippen LogP contribution in [-0.2, 0) is 17.8 Å². The Morgan fingerprint density at radius 2 is 2.00 bits per heavy atom. The first-order chi connectivity index (χ1) is 11.4. The molecule has 0 fully saturated rings. The lowest BCUT2D eigenvalue weighted by Crippen LogP contribution is -2.12. The highest BCUT2D eigenvalue weighted by molar-refractivity contribution is 6.08. The van der Waals surface area contributed by atoms with Crippen molar-refractivity contribution in [2.24, 2.45) is 0 Å². The maximum Gasteiger partial charge on any atom is 0.340 e. The van der Waals surface area contributed by atoms with Crippen LogP contribution in [0.1, 0.15) is 48.3 Å². The zero-order chi connectivity index (χ0) is 17.9. The minimum atomic E-state index is -0.319. The summed E-state index contributed by atoms with van der Waals surface area (Å²) in [6.07, 6.45) is 2.12. The van der Waals surface area contributed by atoms with Gasteiger partial charge in [0.05, 0.1) is 12.2 Å². The molecule has 24 heavy (non-hydrogen) atoms. The first-order valence-corrected chi connectivity index (χ1v) is 8.57. The van der Waals surface area contributed by atoms with Crippen molar-refractivity contribution in [1.82, 2.24) is 9.47 Å². The number of carbonyl (C=O) groups excluding carboxylic acids is 1. The van der Waals surface area contributed by atoms with Crippen molar-refractivity contribution < 1.29 is 14.6 Å². The molecule has 0 saturated heterocycles. The van der Waals surface area contributed by atoms with Gasteiger partial charge in [0.15, 0.2) is 0 Å². The maximum absolute atomic E-state index is 12.6. The number of aryl methyl sites for hydroxylation is 1. The van der Waals surface area contributed by atoms with Crippen molar-refractivity contribution in [2.75, 3.05) is 20.7 Å². The van der Waals surface area contributed by atoms with E-state index in [0.29, 0.717) is 18.7 Å². The molecule has 1 heterocycles. The molecule has 0 aliphatic rings. The second-order valence-corrected chi connectivity index (χ2v) is 6.38. The third kappa shape index (κ3) is 3.41. The normalized spacial score (nSPS) is 11.4. The van der Waals surface area contributed by atoms with Gasteiger partial charge in [0.1, 0.15) is 5.75 Å². The lowest BCUT2D eigenvalue weighted by molar-refractivity contribution is 0.0527. The molecule has 0 aliphatic heterocycles. The Labute approximate surface area is 143 Å². The Bertz CT molecular complexity index is 732. The van der Waals surface area contributed by atoms with E-state index in [2.05, 4.69) is 11.5 Å². The summed E-state index contributed by atoms with van der Waals surface area (Å²) < 4.78 is 7.46. The van der Waals surface area contributed by atoms with Crippen LogP contribution in [0.25, 0.3) is 10.9 Å². The van der Waals surface area contributed by atoms with Crippen LogP contribution in [0.3, 0.4) is 0 Å². The van der Waals surface area contributed by atoms with Gasteiger partial charge in [0.25, 0.3) is 0 Å². The van der Waals surface area contributed by atoms with Gasteiger partial charge in [-0.15, -0.1) is 0 Å². The predicted molar refractivity (Wildman–Crippen MR) is 96.6 cm³/mol. The van der Waals surface area contributed by atoms with Crippen LogP contribution in [0.5, 0.6) is 5.75 Å². The summed E-state index contributed by atoms with van der Waals surface area (Å²) in [5.74, 6) is -0.102. The van der Waals surface area contributed by atoms with Gasteiger partial charge in [-0.1, -0.05) is 13.3 Å². The Hall–Kier alpha value is -2.01. The SMILES string of the molecule is CCCCn1c(C)c(C(=O)OCC)c2c(CN(C)C)c(O)ccc21. The molecule has 0 bridgehead atoms. The highest BCUT2D eigenvalue weighted by atomic mass is 16.5. The van der Waals surface area contributed by atoms with Crippen molar-refractivity contribution in [3.05, 3.63) is 29.0 Å². The van der Waals surface area contributed by atoms with Crippen molar-refractivity contribution >= 4 is 16.9 Å². The van der Waals surface area contributed by atoms with E-state index in [1.807, 2.05) is 38.9 Å². The van der Waals surface area contributed by atoms with Crippen molar-refractivity contribution in [3.8, 4) is 5.75 Å². The second kappa shape index (κ2) is 7.71. The third-order valence-electron chi connectivity index (χ3n) is 4.26. The molecule has 0 amide bonds. The minimum Gasteiger partial charge on any atom is -0.508 e. The summed E-state index contributed by atoms with van der Waals surface area (Å²) in [6, 6.07) is 3.62. The van der Waals surface area contributed by atoms with Crippen LogP contribution >= 0.6 is 0 Å². The molecular formula is C19H28N2O3. The number of carbonyl (C=O) groups is 1. The molecule has 0 unspecified atom stereocenters. The summed E-state index contributed by atoms with van der Waals surface area (Å²) in [5, 5.41) is 11.2. The monoisotopic (exact) mass is 332 g/mol. The molecule has 132 valence electrons. The lowest BCUT2D eigenvalue weighted by Gasteiger charge is -2.14. The molecule has 2 aromatic rings. The molecule has 1 aromatic carbocycles. The van der Waals surface area contributed by atoms with Gasteiger partial charge >= 0.3 is 5.97 Å². The number of phenols is 1. The Morgan fingerprint density at radius 1 is 1.29 bits per heavy atom. The van der Waals surface area contributed by atoms with Gasteiger partial charge < -0.3 is 19.3 Å². The molecule has 0 atom stereocenters. The molecule has 2 rings (SSSR count). The van der Waals surface area contributed by atoms with Crippen molar-refractivity contribution in [3.63, 3.8) is 0 Å². The number of fused-ring (bicyclic) bond motifs is 1. The molecule has 1 N–H and O–H groups in total. The number of esters is 1. The van der Waals surface area contributed by atoms with E-state index in [1.165, 1.54) is 0 Å². The van der Waals surface area contributed by atoms with Crippen LogP contribution in [-0.4, -0.2) is 41.2 Å². The van der Waals surface area contributed by atoms with E-state index in [4.69, 9.17) is 4.74 Å². The van der Waals surface area contributed by atoms with Gasteiger partial charge in [0.2, 0.25) is 0 Å². The number of hydrogen-bond acceptors (Lipinski definition) is 4. The Balaban J connectivity index is 2.77. The van der Waals surface area contributed by atoms with Crippen LogP contribution in [0, 0.1) is 6.92 Å². The quantitative estimate of drug-likeness (QED) is 0.786. The predicted octanol–water partition coefficient (Wildman–Crippen LogP) is 3.69. The van der Waals surface area contributed by atoms with E-state index in [-0.39, 0.29) is 11.7 Å². The first kappa shape index (κ1) is 18.3. The molecule has 5 heteroatoms. The number of unbranched alkanes of at least 4 members (excludes halogenated alkanes) is 1. The van der Waals surface area contributed by atoms with E-state index in [1.54, 1.807) is 6.07 Å². The van der Waals surface area contributed by atoms with E-state index in [0.717, 1.165) is 41.5 Å². The number of ether oxygens (including phenoxy) is 1. The number of aromatic nitrogens is 1. The number of aromatic hydroxyl groups is 1. The van der Waals surface area contributed by atoms with Gasteiger partial charge in [0, 0.05) is 35.2 Å². The van der Waals surface area contributed by atoms with Crippen LogP contribution in [0.2, 0.25) is 0 Å². The van der Waals surface area contributed by atoms with Gasteiger partial charge in [-0.2, -0.15) is 0 Å². The highest BCUT2D eigenvalue weighted by Gasteiger charge is 2.24. The molecule has 0 radical (unpaired) electrons. The van der Waals surface area contributed by atoms with Crippen LogP contribution in [0.15, 0.2) is 12.1 Å². The number of nitrogens with zero attached hydrogens (tertiary/aromatic N) is 2. The molecule has 0 saturated carbocycles. The summed E-state index contributed by atoms with van der Waals surface area (Å²) >= 11 is 0. The van der Waals surface area contributed by atoms with E-state index >= 15 is 0 Å². The number of hydrogen-bond donors (Lipinski definition) is 1. The smallest absolute Gasteiger partial charge is 0.340 e. The van der Waals surface area contributed by atoms with Gasteiger partial charge in [-0.05, 0) is 46.5 Å². The van der Waals surface area contributed by atoms with E-state index < -0.39 is 0 Å². The maximum atomic E-state index is 12.6. The molecule has 1 aromatic heterocycles. The van der Waals surface area contributed by atoms with Gasteiger partial charge in [-0.25, -0.2) is 4.79 Å². The number of benzene rings is 1. The van der Waals surface area contributed by atoms with Crippen molar-refractivity contribution in [2.45, 2.75) is 46.7 Å². The average Bonchev–Trinajstić information content (AvgIpc) is 2.80. The standard InChI is InChI=1S/C19H28N2O3/c1-6-8-11-21-13(3)17(19(23)24-7-2)18-14(12-20(4)5)16(22)10-9-15(18)21/h9-10,22H,6-8,11-12H2,1-5H3. The molecule has 0 spiro atoms. The van der Waals surface area contributed by atoms with Crippen molar-refractivity contribution in [1.29, 1.82) is 0 Å². The third-order valence-corrected chi connectivity index (χ3v) is 4.26. The summed E-state index contributed by atoms with van der Waals surface area (Å²) in [6.45, 7) is 7.66. The second-order valence-electron chi connectivity index (χ2n) is 6.38. The summed E-state index contributed by atoms with van der Waals surface area (Å²) in [5.41, 5.74) is 3.25. The fraction of sp³-hybridized carbons (Fsp3) is 0.526. The summed E-state index contributed by atoms with van der Waals surface area (Å²) in [4.78, 5) is 14.6. The van der Waals surface area contributed by atoms with E-state index in [9.17, 15) is 9.90 Å². The zero-order valence-corrected chi connectivity index (χ0v) is 15.3. The Morgan fingerprint density at radius 3 is 2.58 bits per heavy atom. The van der Waals surface area contributed by atoms with Gasteiger partial charge in [-0.3, -0.25) is 0 Å². The van der Waals surface area contributed by atoms with Crippen LogP contribution in [0.4, 0.5) is 0 Å². The fourth-order valence-electron chi connectivity index (χ4n) is 3.16. The lowest BCUT2D eigenvalue weighted by atomic mass is 10.0. The Kier molecular flexibility index (Phi) is 5.89. The number of rotatable bonds is 7. The number of phenolic OH excluding ortho intramolecular Hbond substituents is 1. The molecular weight excluding hydrogens is 304 g/mol. The fourth-order valence-corrected chi connectivity index (χ4v) is 3.16. The zero-order valence-electron chi connectivity index (χ0n) is 15.3. The molecule has 0 aliphatic carbocycles. The highest BCUT2D eigenvalue weighted by Crippen LogP contribution is 2.35. The largest absolute Gasteiger partial charge is 0.508 e. The first-order valence-electron chi connectivity index (χ1n) is 8.57. The molecule has 5 nitrogen and oxygen atoms in total. The minimum absolute atomic E-state index is 0.217. The topological polar surface area (TPSA) is 54.7 Å². The summed E-state index contributed by atoms with van der Waals surface area (Å²) in [7, 11) is 3.90. The average molecular weight is 332 g/mol.